The van der Waals surface area contributed by atoms with E-state index < -0.39 is 27.6 Å². The molecule has 0 saturated heterocycles. The van der Waals surface area contributed by atoms with Gasteiger partial charge in [0.1, 0.15) is 11.2 Å². The first-order valence-electron chi connectivity index (χ1n) is 11.4. The third-order valence-electron chi connectivity index (χ3n) is 5.06. The molecule has 0 spiro atoms. The van der Waals surface area contributed by atoms with Gasteiger partial charge in [-0.05, 0) is 58.4 Å². The molecule has 188 valence electrons. The van der Waals surface area contributed by atoms with Crippen LogP contribution in [0.4, 0.5) is 4.79 Å². The summed E-state index contributed by atoms with van der Waals surface area (Å²) in [5, 5.41) is 5.32. The molecule has 0 saturated carbocycles. The third kappa shape index (κ3) is 6.56. The number of sulfonamides is 1. The van der Waals surface area contributed by atoms with Gasteiger partial charge in [-0.25, -0.2) is 22.9 Å². The van der Waals surface area contributed by atoms with Crippen molar-refractivity contribution in [1.29, 1.82) is 0 Å². The van der Waals surface area contributed by atoms with Crippen molar-refractivity contribution in [3.05, 3.63) is 47.9 Å². The quantitative estimate of drug-likeness (QED) is 0.366. The van der Waals surface area contributed by atoms with Crippen molar-refractivity contribution in [2.24, 2.45) is 0 Å². The van der Waals surface area contributed by atoms with Gasteiger partial charge in [0.15, 0.2) is 5.82 Å². The van der Waals surface area contributed by atoms with Crippen LogP contribution in [0.5, 0.6) is 0 Å². The molecule has 0 unspecified atom stereocenters. The zero-order valence-corrected chi connectivity index (χ0v) is 21.4. The van der Waals surface area contributed by atoms with E-state index in [4.69, 9.17) is 4.74 Å². The minimum absolute atomic E-state index is 0.123. The predicted octanol–water partition coefficient (Wildman–Crippen LogP) is 3.96. The van der Waals surface area contributed by atoms with Crippen LogP contribution >= 0.6 is 0 Å². The number of carbonyl (C=O) groups is 2. The van der Waals surface area contributed by atoms with Gasteiger partial charge in [0.2, 0.25) is 10.0 Å². The first-order chi connectivity index (χ1) is 16.4. The molecule has 0 radical (unpaired) electrons. The number of carbonyl (C=O) groups excluding carboxylic acids is 2. The van der Waals surface area contributed by atoms with E-state index in [1.807, 2.05) is 25.1 Å². The van der Waals surface area contributed by atoms with Gasteiger partial charge in [-0.15, -0.1) is 5.10 Å². The lowest BCUT2D eigenvalue weighted by Crippen LogP contribution is -2.31. The maximum Gasteiger partial charge on any atom is 0.435 e. The normalized spacial score (nSPS) is 12.4. The Kier molecular flexibility index (Phi) is 7.79. The second kappa shape index (κ2) is 10.4. The van der Waals surface area contributed by atoms with Gasteiger partial charge in [-0.1, -0.05) is 19.8 Å². The number of ether oxygens (including phenoxy) is 1. The molecule has 35 heavy (non-hydrogen) atoms. The molecule has 0 aliphatic heterocycles. The van der Waals surface area contributed by atoms with E-state index in [0.717, 1.165) is 29.0 Å². The van der Waals surface area contributed by atoms with Crippen molar-refractivity contribution in [3.63, 3.8) is 0 Å². The summed E-state index contributed by atoms with van der Waals surface area (Å²) >= 11 is 0. The Labute approximate surface area is 205 Å². The lowest BCUT2D eigenvalue weighted by Gasteiger charge is -2.19. The number of hydrogen-bond donors (Lipinski definition) is 1. The molecule has 0 aliphatic rings. The van der Waals surface area contributed by atoms with E-state index in [-0.39, 0.29) is 5.75 Å². The summed E-state index contributed by atoms with van der Waals surface area (Å²) in [6.07, 6.45) is 7.38. The molecule has 10 nitrogen and oxygen atoms in total. The Morgan fingerprint density at radius 3 is 2.63 bits per heavy atom. The van der Waals surface area contributed by atoms with Crippen molar-refractivity contribution in [2.75, 3.05) is 5.75 Å². The largest absolute Gasteiger partial charge is 0.442 e. The Balaban J connectivity index is 1.99. The Bertz CT molecular complexity index is 1360. The summed E-state index contributed by atoms with van der Waals surface area (Å²) in [4.78, 5) is 29.6. The summed E-state index contributed by atoms with van der Waals surface area (Å²) in [5.41, 5.74) is 0.734. The molecule has 3 heterocycles. The minimum Gasteiger partial charge on any atom is -0.442 e. The molecule has 3 aromatic heterocycles. The predicted molar refractivity (Wildman–Crippen MR) is 134 cm³/mol. The summed E-state index contributed by atoms with van der Waals surface area (Å²) in [7, 11) is -3.74. The van der Waals surface area contributed by atoms with Crippen LogP contribution in [0.2, 0.25) is 0 Å². The number of hydrogen-bond acceptors (Lipinski definition) is 7. The Morgan fingerprint density at radius 2 is 1.94 bits per heavy atom. The third-order valence-corrected chi connectivity index (χ3v) is 6.40. The van der Waals surface area contributed by atoms with Gasteiger partial charge in [0.25, 0.3) is 5.91 Å². The van der Waals surface area contributed by atoms with Crippen LogP contribution in [-0.2, 0) is 19.6 Å². The fraction of sp³-hybridized carbons (Fsp3) is 0.417. The molecule has 0 aliphatic carbocycles. The number of nitrogens with zero attached hydrogens (tertiary/aromatic N) is 4. The van der Waals surface area contributed by atoms with Gasteiger partial charge in [-0.3, -0.25) is 9.36 Å². The minimum atomic E-state index is -3.74. The number of aromatic nitrogens is 4. The SMILES string of the molecule is CCCCCS(=O)(=O)NC(=O)/C=C/c1c(-n2ccc3cccnc32)nn(C(=O)OC(C)(C)C)c1C. The van der Waals surface area contributed by atoms with Crippen LogP contribution in [-0.4, -0.2) is 51.1 Å². The lowest BCUT2D eigenvalue weighted by atomic mass is 10.2. The fourth-order valence-corrected chi connectivity index (χ4v) is 4.49. The van der Waals surface area contributed by atoms with Crippen molar-refractivity contribution in [2.45, 2.75) is 59.5 Å². The summed E-state index contributed by atoms with van der Waals surface area (Å²) in [6.45, 7) is 8.88. The number of fused-ring (bicyclic) bond motifs is 1. The number of amides is 1. The smallest absolute Gasteiger partial charge is 0.435 e. The van der Waals surface area contributed by atoms with E-state index in [9.17, 15) is 18.0 Å². The lowest BCUT2D eigenvalue weighted by molar-refractivity contribution is -0.114. The van der Waals surface area contributed by atoms with E-state index in [2.05, 4.69) is 14.8 Å². The highest BCUT2D eigenvalue weighted by Gasteiger charge is 2.24. The second-order valence-electron chi connectivity index (χ2n) is 9.14. The number of rotatable bonds is 8. The van der Waals surface area contributed by atoms with Crippen LogP contribution in [0.3, 0.4) is 0 Å². The first-order valence-corrected chi connectivity index (χ1v) is 13.0. The summed E-state index contributed by atoms with van der Waals surface area (Å²) in [5.74, 6) is -0.563. The first kappa shape index (κ1) is 26.1. The zero-order chi connectivity index (χ0) is 25.8. The zero-order valence-electron chi connectivity index (χ0n) is 20.6. The van der Waals surface area contributed by atoms with E-state index >= 15 is 0 Å². The van der Waals surface area contributed by atoms with Gasteiger partial charge < -0.3 is 4.74 Å². The molecular weight excluding hydrogens is 470 g/mol. The van der Waals surface area contributed by atoms with E-state index in [1.54, 1.807) is 44.7 Å². The van der Waals surface area contributed by atoms with E-state index in [1.165, 1.54) is 6.08 Å². The van der Waals surface area contributed by atoms with Crippen LogP contribution in [0.25, 0.3) is 22.9 Å². The number of nitrogens with one attached hydrogen (secondary N) is 1. The van der Waals surface area contributed by atoms with Gasteiger partial charge in [-0.2, -0.15) is 4.68 Å². The number of pyridine rings is 1. The molecular formula is C24H31N5O5S. The van der Waals surface area contributed by atoms with Crippen molar-refractivity contribution >= 4 is 39.1 Å². The van der Waals surface area contributed by atoms with Gasteiger partial charge >= 0.3 is 6.09 Å². The Hall–Kier alpha value is -3.47. The highest BCUT2D eigenvalue weighted by molar-refractivity contribution is 7.90. The topological polar surface area (TPSA) is 125 Å². The molecule has 3 aromatic rings. The van der Waals surface area contributed by atoms with Crippen molar-refractivity contribution in [1.82, 2.24) is 24.1 Å². The monoisotopic (exact) mass is 501 g/mol. The highest BCUT2D eigenvalue weighted by atomic mass is 32.2. The molecule has 0 atom stereocenters. The Morgan fingerprint density at radius 1 is 1.20 bits per heavy atom. The van der Waals surface area contributed by atoms with Crippen LogP contribution in [0, 0.1) is 6.92 Å². The average molecular weight is 502 g/mol. The molecule has 1 amide bonds. The maximum absolute atomic E-state index is 12.8. The summed E-state index contributed by atoms with van der Waals surface area (Å²) < 4.78 is 34.7. The second-order valence-corrected chi connectivity index (χ2v) is 11.0. The van der Waals surface area contributed by atoms with Crippen LogP contribution in [0.1, 0.15) is 58.2 Å². The van der Waals surface area contributed by atoms with E-state index in [0.29, 0.717) is 29.1 Å². The standard InChI is InChI=1S/C24H31N5O5S/c1-6-7-8-16-35(32,33)27-20(30)12-11-19-17(2)29(23(31)34-24(3,4)5)26-22(19)28-15-13-18-10-9-14-25-21(18)28/h9-15H,6-8,16H2,1-5H3,(H,27,30)/b12-11+. The number of unbranched alkanes of at least 4 members (excludes halogenated alkanes) is 2. The summed E-state index contributed by atoms with van der Waals surface area (Å²) in [6, 6.07) is 5.56. The molecule has 0 fully saturated rings. The molecule has 11 heteroatoms. The van der Waals surface area contributed by atoms with Crippen molar-refractivity contribution in [3.8, 4) is 5.82 Å². The van der Waals surface area contributed by atoms with Crippen LogP contribution < -0.4 is 4.72 Å². The maximum atomic E-state index is 12.8. The highest BCUT2D eigenvalue weighted by Crippen LogP contribution is 2.25. The average Bonchev–Trinajstić information content (AvgIpc) is 3.31. The molecule has 3 rings (SSSR count). The van der Waals surface area contributed by atoms with Crippen molar-refractivity contribution < 1.29 is 22.7 Å². The molecule has 0 aromatic carbocycles. The fourth-order valence-electron chi connectivity index (χ4n) is 3.43. The molecule has 0 bridgehead atoms. The van der Waals surface area contributed by atoms with Crippen LogP contribution in [0.15, 0.2) is 36.7 Å². The van der Waals surface area contributed by atoms with Gasteiger partial charge in [0.05, 0.1) is 11.4 Å². The molecule has 1 N–H and O–H groups in total. The van der Waals surface area contributed by atoms with Gasteiger partial charge in [0, 0.05) is 29.4 Å².